The van der Waals surface area contributed by atoms with Crippen LogP contribution in [-0.4, -0.2) is 63.9 Å². The number of carboxylic acid groups (broad SMARTS) is 1. The van der Waals surface area contributed by atoms with Gasteiger partial charge in [-0.2, -0.15) is 0 Å². The molecule has 0 aromatic heterocycles. The number of likely N-dealkylation sites (tertiary alicyclic amines) is 1. The average Bonchev–Trinajstić information content (AvgIpc) is 3.58. The molecule has 0 radical (unpaired) electrons. The molecular formula is C29H25N3O9. The summed E-state index contributed by atoms with van der Waals surface area (Å²) in [4.78, 5) is 61.5. The first-order chi connectivity index (χ1) is 19.7. The van der Waals surface area contributed by atoms with Crippen molar-refractivity contribution >= 4 is 29.4 Å². The molecule has 1 aliphatic carbocycles. The van der Waals surface area contributed by atoms with Crippen LogP contribution in [-0.2, 0) is 14.3 Å². The summed E-state index contributed by atoms with van der Waals surface area (Å²) < 4.78 is 11.1. The number of esters is 1. The van der Waals surface area contributed by atoms with E-state index in [1.165, 1.54) is 29.2 Å². The fourth-order valence-electron chi connectivity index (χ4n) is 5.07. The Bertz CT molecular complexity index is 1490. The summed E-state index contributed by atoms with van der Waals surface area (Å²) in [5.41, 5.74) is -0.452. The van der Waals surface area contributed by atoms with Gasteiger partial charge in [0.2, 0.25) is 5.91 Å². The third-order valence-corrected chi connectivity index (χ3v) is 7.29. The number of carboxylic acids is 1. The highest BCUT2D eigenvalue weighted by Crippen LogP contribution is 2.59. The number of non-ortho nitro benzene ring substituents is 1. The molecule has 2 N–H and O–H groups in total. The summed E-state index contributed by atoms with van der Waals surface area (Å²) >= 11 is 0. The van der Waals surface area contributed by atoms with Crippen LogP contribution < -0.4 is 10.1 Å². The minimum atomic E-state index is -1.19. The number of piperidine rings is 1. The van der Waals surface area contributed by atoms with Gasteiger partial charge < -0.3 is 24.8 Å². The maximum atomic E-state index is 13.0. The van der Waals surface area contributed by atoms with Crippen molar-refractivity contribution in [2.75, 3.05) is 13.2 Å². The second-order valence-electron chi connectivity index (χ2n) is 9.94. The van der Waals surface area contributed by atoms with E-state index in [1.807, 2.05) is 18.2 Å². The molecule has 3 aromatic carbocycles. The number of nitrogens with one attached hydrogen (secondary N) is 1. The number of aliphatic carboxylic acids is 1. The van der Waals surface area contributed by atoms with Crippen molar-refractivity contribution in [2.24, 2.45) is 5.41 Å². The summed E-state index contributed by atoms with van der Waals surface area (Å²) in [5, 5.41) is 23.1. The lowest BCUT2D eigenvalue weighted by molar-refractivity contribution is -0.384. The molecule has 1 saturated carbocycles. The zero-order valence-corrected chi connectivity index (χ0v) is 21.6. The van der Waals surface area contributed by atoms with Crippen molar-refractivity contribution in [1.82, 2.24) is 10.2 Å². The number of carbonyl (C=O) groups is 4. The lowest BCUT2D eigenvalue weighted by Crippen LogP contribution is -2.47. The Hall–Kier alpha value is -5.26. The standard InChI is InChI=1S/C29H25N3O9/c33-25(16-30-26(34)18-8-12-22(13-9-18)41-21-4-2-1-3-5-21)31-23(27(35)36)14-29(15-24(29)31)17-40-28(37)19-6-10-20(11-7-19)32(38)39/h1-13,23-24H,14-17H2,(H,30,34)(H,35,36)/t23-,24-,29+/m0/s1. The van der Waals surface area contributed by atoms with Crippen LogP contribution in [0.25, 0.3) is 0 Å². The van der Waals surface area contributed by atoms with Crippen LogP contribution in [0.15, 0.2) is 78.9 Å². The number of fused-ring (bicyclic) bond motifs is 1. The van der Waals surface area contributed by atoms with Gasteiger partial charge in [0.15, 0.2) is 0 Å². The van der Waals surface area contributed by atoms with Crippen LogP contribution in [0.4, 0.5) is 5.69 Å². The number of nitro groups is 1. The van der Waals surface area contributed by atoms with E-state index in [1.54, 1.807) is 36.4 Å². The molecule has 3 aromatic rings. The Morgan fingerprint density at radius 1 is 0.927 bits per heavy atom. The van der Waals surface area contributed by atoms with Crippen LogP contribution in [0.2, 0.25) is 0 Å². The van der Waals surface area contributed by atoms with E-state index in [0.717, 1.165) is 0 Å². The molecule has 1 saturated heterocycles. The molecule has 1 aliphatic heterocycles. The number of rotatable bonds is 10. The molecule has 12 heteroatoms. The molecule has 2 amide bonds. The second kappa shape index (κ2) is 11.1. The number of amides is 2. The van der Waals surface area contributed by atoms with Crippen molar-refractivity contribution in [3.63, 3.8) is 0 Å². The van der Waals surface area contributed by atoms with Crippen molar-refractivity contribution < 1.29 is 38.7 Å². The van der Waals surface area contributed by atoms with E-state index in [2.05, 4.69) is 5.32 Å². The number of ether oxygens (including phenoxy) is 2. The first-order valence-corrected chi connectivity index (χ1v) is 12.7. The van der Waals surface area contributed by atoms with E-state index in [9.17, 15) is 34.4 Å². The Labute approximate surface area is 233 Å². The summed E-state index contributed by atoms with van der Waals surface area (Å²) in [5.74, 6) is -1.78. The van der Waals surface area contributed by atoms with E-state index in [-0.39, 0.29) is 24.3 Å². The largest absolute Gasteiger partial charge is 0.480 e. The topological polar surface area (TPSA) is 165 Å². The quantitative estimate of drug-likeness (QED) is 0.215. The van der Waals surface area contributed by atoms with Gasteiger partial charge in [-0.1, -0.05) is 18.2 Å². The Morgan fingerprint density at radius 2 is 1.56 bits per heavy atom. The first kappa shape index (κ1) is 27.3. The summed E-state index contributed by atoms with van der Waals surface area (Å²) in [6.45, 7) is -0.509. The van der Waals surface area contributed by atoms with Gasteiger partial charge in [0.05, 0.1) is 23.6 Å². The average molecular weight is 560 g/mol. The van der Waals surface area contributed by atoms with Gasteiger partial charge in [-0.15, -0.1) is 0 Å². The lowest BCUT2D eigenvalue weighted by atomic mass is 10.0. The Morgan fingerprint density at radius 3 is 2.20 bits per heavy atom. The molecule has 2 aliphatic rings. The number of para-hydroxylation sites is 1. The molecule has 0 unspecified atom stereocenters. The maximum Gasteiger partial charge on any atom is 0.338 e. The van der Waals surface area contributed by atoms with Crippen molar-refractivity contribution in [1.29, 1.82) is 0 Å². The minimum absolute atomic E-state index is 0.100. The summed E-state index contributed by atoms with van der Waals surface area (Å²) in [6.07, 6.45) is 0.552. The molecule has 1 heterocycles. The molecule has 0 bridgehead atoms. The molecule has 12 nitrogen and oxygen atoms in total. The Balaban J connectivity index is 1.15. The number of benzene rings is 3. The van der Waals surface area contributed by atoms with Crippen LogP contribution >= 0.6 is 0 Å². The molecule has 5 rings (SSSR count). The fourth-order valence-corrected chi connectivity index (χ4v) is 5.07. The number of nitrogens with zero attached hydrogens (tertiary/aromatic N) is 2. The molecule has 210 valence electrons. The van der Waals surface area contributed by atoms with E-state index < -0.39 is 52.7 Å². The van der Waals surface area contributed by atoms with E-state index >= 15 is 0 Å². The van der Waals surface area contributed by atoms with Crippen LogP contribution in [0.3, 0.4) is 0 Å². The van der Waals surface area contributed by atoms with Gasteiger partial charge in [-0.05, 0) is 61.4 Å². The molecule has 2 fully saturated rings. The van der Waals surface area contributed by atoms with Gasteiger partial charge >= 0.3 is 11.9 Å². The zero-order valence-electron chi connectivity index (χ0n) is 21.6. The van der Waals surface area contributed by atoms with Gasteiger partial charge in [0.1, 0.15) is 17.5 Å². The van der Waals surface area contributed by atoms with Crippen molar-refractivity contribution in [3.8, 4) is 11.5 Å². The highest BCUT2D eigenvalue weighted by Gasteiger charge is 2.68. The maximum absolute atomic E-state index is 13.0. The Kier molecular flexibility index (Phi) is 7.38. The van der Waals surface area contributed by atoms with E-state index in [4.69, 9.17) is 9.47 Å². The van der Waals surface area contributed by atoms with Gasteiger partial charge in [0, 0.05) is 29.2 Å². The normalized spacial score (nSPS) is 20.4. The molecule has 3 atom stereocenters. The first-order valence-electron chi connectivity index (χ1n) is 12.7. The smallest absolute Gasteiger partial charge is 0.338 e. The predicted molar refractivity (Wildman–Crippen MR) is 142 cm³/mol. The van der Waals surface area contributed by atoms with Crippen LogP contribution in [0.5, 0.6) is 11.5 Å². The third-order valence-electron chi connectivity index (χ3n) is 7.29. The molecule has 0 spiro atoms. The summed E-state index contributed by atoms with van der Waals surface area (Å²) in [6, 6.07) is 18.9. The van der Waals surface area contributed by atoms with Crippen LogP contribution in [0.1, 0.15) is 33.6 Å². The molecular weight excluding hydrogens is 534 g/mol. The second-order valence-corrected chi connectivity index (χ2v) is 9.94. The highest BCUT2D eigenvalue weighted by molar-refractivity contribution is 5.97. The SMILES string of the molecule is O=C(NCC(=O)N1[C@H]2C[C@@]2(COC(=O)c2ccc([N+](=O)[O-])cc2)C[C@H]1C(=O)O)c1ccc(Oc2ccccc2)cc1. The molecule has 41 heavy (non-hydrogen) atoms. The lowest BCUT2D eigenvalue weighted by Gasteiger charge is -2.24. The van der Waals surface area contributed by atoms with Crippen molar-refractivity contribution in [2.45, 2.75) is 24.9 Å². The van der Waals surface area contributed by atoms with Gasteiger partial charge in [-0.3, -0.25) is 19.7 Å². The fraction of sp³-hybridized carbons (Fsp3) is 0.241. The number of nitro benzene ring substituents is 1. The third kappa shape index (κ3) is 5.86. The highest BCUT2D eigenvalue weighted by atomic mass is 16.6. The van der Waals surface area contributed by atoms with Gasteiger partial charge in [-0.25, -0.2) is 9.59 Å². The van der Waals surface area contributed by atoms with E-state index in [0.29, 0.717) is 23.5 Å². The predicted octanol–water partition coefficient (Wildman–Crippen LogP) is 3.42. The van der Waals surface area contributed by atoms with Crippen LogP contribution in [0, 0.1) is 15.5 Å². The minimum Gasteiger partial charge on any atom is -0.480 e. The van der Waals surface area contributed by atoms with Crippen molar-refractivity contribution in [3.05, 3.63) is 100 Å². The monoisotopic (exact) mass is 559 g/mol. The number of carbonyl (C=O) groups excluding carboxylic acids is 3. The number of hydrogen-bond acceptors (Lipinski definition) is 8. The van der Waals surface area contributed by atoms with Gasteiger partial charge in [0.25, 0.3) is 11.6 Å². The zero-order chi connectivity index (χ0) is 29.1. The number of hydrogen-bond donors (Lipinski definition) is 2. The summed E-state index contributed by atoms with van der Waals surface area (Å²) in [7, 11) is 0.